The van der Waals surface area contributed by atoms with Crippen LogP contribution < -0.4 is 4.90 Å². The molecule has 2 aromatic heterocycles. The summed E-state index contributed by atoms with van der Waals surface area (Å²) in [6.07, 6.45) is 4.85. The van der Waals surface area contributed by atoms with E-state index in [1.165, 1.54) is 5.56 Å². The predicted molar refractivity (Wildman–Crippen MR) is 108 cm³/mol. The maximum absolute atomic E-state index is 13.5. The number of carbonyl (C=O) groups excluding carboxylic acids is 1. The summed E-state index contributed by atoms with van der Waals surface area (Å²) in [5.74, 6) is 1.19. The highest BCUT2D eigenvalue weighted by Gasteiger charge is 2.31. The topological polar surface area (TPSA) is 73.1 Å². The van der Waals surface area contributed by atoms with E-state index in [2.05, 4.69) is 35.3 Å². The lowest BCUT2D eigenvalue weighted by Gasteiger charge is -2.22. The SMILES string of the molecule is CCc1cccc2sc(N(CC3CCCO3)C(=O)c3nnc4n3CCC4)nc12. The first-order valence-corrected chi connectivity index (χ1v) is 10.8. The van der Waals surface area contributed by atoms with Crippen LogP contribution in [0.2, 0.25) is 0 Å². The Morgan fingerprint density at radius 3 is 3.11 bits per heavy atom. The molecule has 1 atom stereocenters. The van der Waals surface area contributed by atoms with Gasteiger partial charge in [-0.1, -0.05) is 30.4 Å². The van der Waals surface area contributed by atoms with Crippen LogP contribution in [0.4, 0.5) is 5.13 Å². The number of aryl methyl sites for hydroxylation is 2. The average Bonchev–Trinajstić information content (AvgIpc) is 3.48. The second-order valence-electron chi connectivity index (χ2n) is 7.36. The van der Waals surface area contributed by atoms with Gasteiger partial charge < -0.3 is 9.30 Å². The number of ether oxygens (including phenoxy) is 1. The van der Waals surface area contributed by atoms with Crippen LogP contribution in [0.25, 0.3) is 10.2 Å². The average molecular weight is 398 g/mol. The highest BCUT2D eigenvalue weighted by atomic mass is 32.1. The zero-order chi connectivity index (χ0) is 19.1. The molecule has 0 aliphatic carbocycles. The number of carbonyl (C=O) groups is 1. The molecular formula is C20H23N5O2S. The van der Waals surface area contributed by atoms with Crippen LogP contribution in [-0.2, 0) is 24.1 Å². The zero-order valence-corrected chi connectivity index (χ0v) is 16.7. The van der Waals surface area contributed by atoms with Gasteiger partial charge in [-0.15, -0.1) is 10.2 Å². The van der Waals surface area contributed by atoms with Crippen molar-refractivity contribution in [3.05, 3.63) is 35.4 Å². The minimum atomic E-state index is -0.131. The third-order valence-corrected chi connectivity index (χ3v) is 6.60. The molecule has 5 rings (SSSR count). The van der Waals surface area contributed by atoms with E-state index in [4.69, 9.17) is 9.72 Å². The van der Waals surface area contributed by atoms with Crippen molar-refractivity contribution >= 4 is 32.6 Å². The summed E-state index contributed by atoms with van der Waals surface area (Å²) in [6, 6.07) is 6.23. The molecule has 1 unspecified atom stereocenters. The van der Waals surface area contributed by atoms with E-state index >= 15 is 0 Å². The molecule has 1 aromatic carbocycles. The Kier molecular flexibility index (Phi) is 4.60. The van der Waals surface area contributed by atoms with Gasteiger partial charge in [0.25, 0.3) is 5.91 Å². The van der Waals surface area contributed by atoms with E-state index in [-0.39, 0.29) is 12.0 Å². The number of anilines is 1. The second kappa shape index (κ2) is 7.25. The lowest BCUT2D eigenvalue weighted by atomic mass is 10.1. The van der Waals surface area contributed by atoms with Crippen LogP contribution in [0.5, 0.6) is 0 Å². The van der Waals surface area contributed by atoms with Gasteiger partial charge in [-0.25, -0.2) is 4.98 Å². The molecule has 2 aliphatic rings. The Hall–Kier alpha value is -2.32. The summed E-state index contributed by atoms with van der Waals surface area (Å²) in [5, 5.41) is 9.13. The van der Waals surface area contributed by atoms with E-state index in [9.17, 15) is 4.79 Å². The van der Waals surface area contributed by atoms with Crippen molar-refractivity contribution in [2.45, 2.75) is 51.7 Å². The molecule has 3 aromatic rings. The third kappa shape index (κ3) is 3.00. The van der Waals surface area contributed by atoms with Gasteiger partial charge >= 0.3 is 0 Å². The van der Waals surface area contributed by atoms with Gasteiger partial charge in [-0.05, 0) is 37.3 Å². The van der Waals surface area contributed by atoms with Crippen LogP contribution in [0, 0.1) is 0 Å². The summed E-state index contributed by atoms with van der Waals surface area (Å²) in [6.45, 7) is 4.19. The van der Waals surface area contributed by atoms with Gasteiger partial charge in [0.2, 0.25) is 5.82 Å². The molecule has 0 bridgehead atoms. The van der Waals surface area contributed by atoms with Crippen molar-refractivity contribution in [2.24, 2.45) is 0 Å². The van der Waals surface area contributed by atoms with Crippen molar-refractivity contribution in [2.75, 3.05) is 18.1 Å². The highest BCUT2D eigenvalue weighted by Crippen LogP contribution is 2.33. The van der Waals surface area contributed by atoms with Crippen LogP contribution >= 0.6 is 11.3 Å². The molecule has 0 N–H and O–H groups in total. The molecule has 2 aliphatic heterocycles. The van der Waals surface area contributed by atoms with Gasteiger partial charge in [0.1, 0.15) is 5.82 Å². The number of fused-ring (bicyclic) bond motifs is 2. The Morgan fingerprint density at radius 2 is 2.29 bits per heavy atom. The fourth-order valence-electron chi connectivity index (χ4n) is 4.06. The van der Waals surface area contributed by atoms with Crippen molar-refractivity contribution < 1.29 is 9.53 Å². The summed E-state index contributed by atoms with van der Waals surface area (Å²) in [4.78, 5) is 20.1. The van der Waals surface area contributed by atoms with E-state index < -0.39 is 0 Å². The quantitative estimate of drug-likeness (QED) is 0.661. The van der Waals surface area contributed by atoms with Gasteiger partial charge in [0.05, 0.1) is 22.9 Å². The van der Waals surface area contributed by atoms with Crippen LogP contribution in [-0.4, -0.2) is 44.9 Å². The molecular weight excluding hydrogens is 374 g/mol. The van der Waals surface area contributed by atoms with Gasteiger partial charge in [0, 0.05) is 19.6 Å². The molecule has 1 amide bonds. The molecule has 1 saturated heterocycles. The van der Waals surface area contributed by atoms with Crippen LogP contribution in [0.3, 0.4) is 0 Å². The first kappa shape index (κ1) is 17.8. The second-order valence-corrected chi connectivity index (χ2v) is 8.37. The lowest BCUT2D eigenvalue weighted by Crippen LogP contribution is -2.38. The predicted octanol–water partition coefficient (Wildman–Crippen LogP) is 3.22. The number of aromatic nitrogens is 4. The Morgan fingerprint density at radius 1 is 1.36 bits per heavy atom. The number of hydrogen-bond donors (Lipinski definition) is 0. The molecule has 0 saturated carbocycles. The van der Waals surface area contributed by atoms with Gasteiger partial charge in [0.15, 0.2) is 5.13 Å². The number of rotatable bonds is 5. The van der Waals surface area contributed by atoms with E-state index in [0.717, 1.165) is 61.3 Å². The monoisotopic (exact) mass is 397 g/mol. The largest absolute Gasteiger partial charge is 0.376 e. The van der Waals surface area contributed by atoms with Crippen molar-refractivity contribution in [3.63, 3.8) is 0 Å². The molecule has 1 fully saturated rings. The fourth-order valence-corrected chi connectivity index (χ4v) is 5.09. The molecule has 4 heterocycles. The van der Waals surface area contributed by atoms with Crippen LogP contribution in [0.15, 0.2) is 18.2 Å². The highest BCUT2D eigenvalue weighted by molar-refractivity contribution is 7.22. The maximum atomic E-state index is 13.5. The summed E-state index contributed by atoms with van der Waals surface area (Å²) >= 11 is 1.56. The van der Waals surface area contributed by atoms with E-state index in [1.807, 2.05) is 4.57 Å². The first-order valence-electron chi connectivity index (χ1n) is 9.98. The standard InChI is InChI=1S/C20H23N5O2S/c1-2-13-6-3-8-15-17(13)21-20(28-15)25(12-14-7-5-11-27-14)19(26)18-23-22-16-9-4-10-24(16)18/h3,6,8,14H,2,4-5,7,9-12H2,1H3. The van der Waals surface area contributed by atoms with Gasteiger partial charge in [-0.3, -0.25) is 9.69 Å². The van der Waals surface area contributed by atoms with Crippen molar-refractivity contribution in [1.82, 2.24) is 19.7 Å². The summed E-state index contributed by atoms with van der Waals surface area (Å²) < 4.78 is 8.88. The molecule has 0 spiro atoms. The number of benzene rings is 1. The third-order valence-electron chi connectivity index (χ3n) is 5.56. The normalized spacial score (nSPS) is 18.7. The zero-order valence-electron chi connectivity index (χ0n) is 15.9. The Balaban J connectivity index is 1.55. The lowest BCUT2D eigenvalue weighted by molar-refractivity contribution is 0.0905. The van der Waals surface area contributed by atoms with Crippen molar-refractivity contribution in [3.8, 4) is 0 Å². The number of hydrogen-bond acceptors (Lipinski definition) is 6. The van der Waals surface area contributed by atoms with E-state index in [1.54, 1.807) is 16.2 Å². The van der Waals surface area contributed by atoms with E-state index in [0.29, 0.717) is 17.5 Å². The first-order chi connectivity index (χ1) is 13.7. The summed E-state index contributed by atoms with van der Waals surface area (Å²) in [7, 11) is 0. The smallest absolute Gasteiger partial charge is 0.298 e. The molecule has 28 heavy (non-hydrogen) atoms. The number of thiazole rings is 1. The van der Waals surface area contributed by atoms with Crippen molar-refractivity contribution in [1.29, 1.82) is 0 Å². The minimum absolute atomic E-state index is 0.0441. The summed E-state index contributed by atoms with van der Waals surface area (Å²) in [5.41, 5.74) is 2.19. The number of para-hydroxylation sites is 1. The Bertz CT molecular complexity index is 1020. The molecule has 8 heteroatoms. The van der Waals surface area contributed by atoms with Crippen LogP contribution in [0.1, 0.15) is 48.2 Å². The molecule has 146 valence electrons. The maximum Gasteiger partial charge on any atom is 0.298 e. The molecule has 7 nitrogen and oxygen atoms in total. The molecule has 0 radical (unpaired) electrons. The fraction of sp³-hybridized carbons (Fsp3) is 0.500. The van der Waals surface area contributed by atoms with Gasteiger partial charge in [-0.2, -0.15) is 0 Å². The number of amides is 1. The minimum Gasteiger partial charge on any atom is -0.376 e. The Labute approximate surface area is 167 Å². The number of nitrogens with zero attached hydrogens (tertiary/aromatic N) is 5.